The normalized spacial score (nSPS) is 27.3. The molecule has 5 nitrogen and oxygen atoms in total. The molecule has 0 aromatic heterocycles. The van der Waals surface area contributed by atoms with Crippen molar-refractivity contribution in [2.24, 2.45) is 0 Å². The van der Waals surface area contributed by atoms with Crippen LogP contribution in [0.4, 0.5) is 0 Å². The summed E-state index contributed by atoms with van der Waals surface area (Å²) in [6.07, 6.45) is 2.68. The molecule has 21 heavy (non-hydrogen) atoms. The van der Waals surface area contributed by atoms with Crippen LogP contribution in [0.15, 0.2) is 0 Å². The topological polar surface area (TPSA) is 66.5 Å². The lowest BCUT2D eigenvalue weighted by Gasteiger charge is -2.28. The van der Waals surface area contributed by atoms with Gasteiger partial charge in [-0.05, 0) is 25.8 Å². The monoisotopic (exact) mass is 356 g/mol. The third kappa shape index (κ3) is 5.62. The van der Waals surface area contributed by atoms with Crippen LogP contribution in [-0.2, 0) is 14.6 Å². The summed E-state index contributed by atoms with van der Waals surface area (Å²) in [6, 6.07) is 0.315. The molecule has 2 atom stereocenters. The van der Waals surface area contributed by atoms with Gasteiger partial charge in [-0.3, -0.25) is 4.79 Å². The van der Waals surface area contributed by atoms with E-state index in [9.17, 15) is 13.2 Å². The molecule has 1 N–H and O–H groups in total. The number of nitrogens with zero attached hydrogens (tertiary/aromatic N) is 1. The zero-order valence-corrected chi connectivity index (χ0v) is 14.9. The molecule has 2 aliphatic heterocycles. The molecule has 0 spiro atoms. The van der Waals surface area contributed by atoms with Crippen LogP contribution in [0.25, 0.3) is 0 Å². The Bertz CT molecular complexity index is 439. The second-order valence-corrected chi connectivity index (χ2v) is 9.09. The second kappa shape index (κ2) is 8.60. The first-order valence-electron chi connectivity index (χ1n) is 7.34. The first kappa shape index (κ1) is 19.1. The fourth-order valence-electron chi connectivity index (χ4n) is 2.82. The van der Waals surface area contributed by atoms with Crippen molar-refractivity contribution in [2.45, 2.75) is 37.5 Å². The van der Waals surface area contributed by atoms with Crippen molar-refractivity contribution in [2.75, 3.05) is 36.9 Å². The Hall–Kier alpha value is 0.0200. The van der Waals surface area contributed by atoms with Gasteiger partial charge < -0.3 is 10.2 Å². The van der Waals surface area contributed by atoms with Gasteiger partial charge in [-0.15, -0.1) is 24.2 Å². The van der Waals surface area contributed by atoms with Crippen molar-refractivity contribution in [3.8, 4) is 0 Å². The lowest BCUT2D eigenvalue weighted by molar-refractivity contribution is -0.130. The Kier molecular flexibility index (Phi) is 7.81. The average molecular weight is 357 g/mol. The highest BCUT2D eigenvalue weighted by atomic mass is 35.5. The number of rotatable bonds is 6. The zero-order chi connectivity index (χ0) is 14.6. The Labute approximate surface area is 137 Å². The number of carbonyl (C=O) groups excluding carboxylic acids is 1. The highest BCUT2D eigenvalue weighted by molar-refractivity contribution is 8.02. The van der Waals surface area contributed by atoms with Crippen molar-refractivity contribution < 1.29 is 13.2 Å². The first-order valence-corrected chi connectivity index (χ1v) is 10.2. The molecule has 0 saturated carbocycles. The number of sulfone groups is 1. The molecule has 0 radical (unpaired) electrons. The molecule has 0 aliphatic carbocycles. The fourth-order valence-corrected chi connectivity index (χ4v) is 6.35. The molecule has 0 aromatic rings. The van der Waals surface area contributed by atoms with Crippen LogP contribution in [0.2, 0.25) is 0 Å². The van der Waals surface area contributed by atoms with Crippen LogP contribution in [-0.4, -0.2) is 67.4 Å². The molecule has 2 rings (SSSR count). The minimum atomic E-state index is -2.85. The summed E-state index contributed by atoms with van der Waals surface area (Å²) in [5, 5.41) is 3.40. The molecule has 1 amide bonds. The van der Waals surface area contributed by atoms with Crippen molar-refractivity contribution in [1.82, 2.24) is 10.2 Å². The Morgan fingerprint density at radius 3 is 2.67 bits per heavy atom. The van der Waals surface area contributed by atoms with E-state index in [0.717, 1.165) is 32.5 Å². The zero-order valence-electron chi connectivity index (χ0n) is 12.4. The van der Waals surface area contributed by atoms with Crippen LogP contribution in [0.1, 0.15) is 26.2 Å². The molecular formula is C13H25ClN2O3S2. The maximum absolute atomic E-state index is 12.4. The van der Waals surface area contributed by atoms with E-state index in [2.05, 4.69) is 12.2 Å². The number of amides is 1. The standard InChI is InChI=1S/C13H24N2O3S2.ClH/c1-2-6-15(11-3-5-14-8-11)13(16)9-19-12-4-7-20(17,18)10-12;/h11-12,14H,2-10H2,1H3;1H. The third-order valence-electron chi connectivity index (χ3n) is 3.89. The van der Waals surface area contributed by atoms with Crippen molar-refractivity contribution >= 4 is 39.9 Å². The minimum absolute atomic E-state index is 0. The van der Waals surface area contributed by atoms with Gasteiger partial charge in [0.2, 0.25) is 5.91 Å². The molecule has 2 heterocycles. The van der Waals surface area contributed by atoms with Crippen LogP contribution in [0.5, 0.6) is 0 Å². The number of nitrogens with one attached hydrogen (secondary N) is 1. The molecule has 2 unspecified atom stereocenters. The van der Waals surface area contributed by atoms with Crippen LogP contribution in [0.3, 0.4) is 0 Å². The summed E-state index contributed by atoms with van der Waals surface area (Å²) in [5.74, 6) is 1.10. The Morgan fingerprint density at radius 2 is 2.14 bits per heavy atom. The largest absolute Gasteiger partial charge is 0.338 e. The summed E-state index contributed by atoms with van der Waals surface area (Å²) >= 11 is 1.52. The molecule has 8 heteroatoms. The van der Waals surface area contributed by atoms with E-state index >= 15 is 0 Å². The number of carbonyl (C=O) groups is 1. The highest BCUT2D eigenvalue weighted by Gasteiger charge is 2.30. The van der Waals surface area contributed by atoms with Crippen molar-refractivity contribution in [3.63, 3.8) is 0 Å². The van der Waals surface area contributed by atoms with Gasteiger partial charge in [0, 0.05) is 24.4 Å². The number of hydrogen-bond acceptors (Lipinski definition) is 5. The lowest BCUT2D eigenvalue weighted by atomic mass is 10.2. The van der Waals surface area contributed by atoms with Gasteiger partial charge >= 0.3 is 0 Å². The molecule has 124 valence electrons. The maximum atomic E-state index is 12.4. The summed E-state index contributed by atoms with van der Waals surface area (Å²) in [7, 11) is -2.85. The van der Waals surface area contributed by atoms with E-state index in [-0.39, 0.29) is 35.1 Å². The summed E-state index contributed by atoms with van der Waals surface area (Å²) in [5.41, 5.74) is 0. The van der Waals surface area contributed by atoms with E-state index < -0.39 is 9.84 Å². The first-order chi connectivity index (χ1) is 9.52. The van der Waals surface area contributed by atoms with Crippen molar-refractivity contribution in [1.29, 1.82) is 0 Å². The molecule has 2 saturated heterocycles. The molecular weight excluding hydrogens is 332 g/mol. The predicted molar refractivity (Wildman–Crippen MR) is 90.0 cm³/mol. The third-order valence-corrected chi connectivity index (χ3v) is 7.16. The van der Waals surface area contributed by atoms with E-state index in [0.29, 0.717) is 18.2 Å². The van der Waals surface area contributed by atoms with E-state index in [4.69, 9.17) is 0 Å². The van der Waals surface area contributed by atoms with E-state index in [1.165, 1.54) is 11.8 Å². The molecule has 2 fully saturated rings. The number of halogens is 1. The quantitative estimate of drug-likeness (QED) is 0.766. The van der Waals surface area contributed by atoms with Gasteiger partial charge in [-0.2, -0.15) is 0 Å². The minimum Gasteiger partial charge on any atom is -0.338 e. The highest BCUT2D eigenvalue weighted by Crippen LogP contribution is 2.25. The van der Waals surface area contributed by atoms with Crippen molar-refractivity contribution in [3.05, 3.63) is 0 Å². The van der Waals surface area contributed by atoms with Crippen LogP contribution < -0.4 is 5.32 Å². The fraction of sp³-hybridized carbons (Fsp3) is 0.923. The summed E-state index contributed by atoms with van der Waals surface area (Å²) < 4.78 is 22.8. The van der Waals surface area contributed by atoms with Gasteiger partial charge in [0.15, 0.2) is 9.84 Å². The molecule has 2 aliphatic rings. The van der Waals surface area contributed by atoms with Gasteiger partial charge in [0.1, 0.15) is 0 Å². The van der Waals surface area contributed by atoms with Crippen LogP contribution >= 0.6 is 24.2 Å². The van der Waals surface area contributed by atoms with Gasteiger partial charge in [-0.25, -0.2) is 8.42 Å². The predicted octanol–water partition coefficient (Wildman–Crippen LogP) is 0.929. The average Bonchev–Trinajstić information content (AvgIpc) is 3.02. The van der Waals surface area contributed by atoms with E-state index in [1.807, 2.05) is 4.90 Å². The second-order valence-electron chi connectivity index (χ2n) is 5.57. The van der Waals surface area contributed by atoms with Gasteiger partial charge in [-0.1, -0.05) is 6.92 Å². The van der Waals surface area contributed by atoms with Crippen LogP contribution in [0, 0.1) is 0 Å². The van der Waals surface area contributed by atoms with Gasteiger partial charge in [0.25, 0.3) is 0 Å². The maximum Gasteiger partial charge on any atom is 0.232 e. The number of hydrogen-bond donors (Lipinski definition) is 1. The SMILES string of the molecule is CCCN(C(=O)CSC1CCS(=O)(=O)C1)C1CCNC1.Cl. The Balaban J connectivity index is 0.00000220. The Morgan fingerprint density at radius 1 is 1.38 bits per heavy atom. The summed E-state index contributed by atoms with van der Waals surface area (Å²) in [4.78, 5) is 14.3. The molecule has 0 aromatic carbocycles. The van der Waals surface area contributed by atoms with Gasteiger partial charge in [0.05, 0.1) is 17.3 Å². The molecule has 0 bridgehead atoms. The van der Waals surface area contributed by atoms with E-state index in [1.54, 1.807) is 0 Å². The summed E-state index contributed by atoms with van der Waals surface area (Å²) in [6.45, 7) is 4.74. The smallest absolute Gasteiger partial charge is 0.232 e. The lowest BCUT2D eigenvalue weighted by Crippen LogP contribution is -2.43. The number of thioether (sulfide) groups is 1.